The van der Waals surface area contributed by atoms with Crippen molar-refractivity contribution in [1.82, 2.24) is 19.5 Å². The third kappa shape index (κ3) is 3.79. The van der Waals surface area contributed by atoms with E-state index in [0.29, 0.717) is 24.4 Å². The molecule has 1 aliphatic rings. The topological polar surface area (TPSA) is 62.5 Å². The van der Waals surface area contributed by atoms with E-state index in [1.807, 2.05) is 6.07 Å². The molecule has 23 heavy (non-hydrogen) atoms. The summed E-state index contributed by atoms with van der Waals surface area (Å²) in [7, 11) is 0. The molecule has 1 saturated heterocycles. The molecule has 0 radical (unpaired) electrons. The lowest BCUT2D eigenvalue weighted by molar-refractivity contribution is -0.149. The normalized spacial score (nSPS) is 17.5. The van der Waals surface area contributed by atoms with Crippen molar-refractivity contribution in [3.8, 4) is 0 Å². The number of halogens is 3. The molecule has 3 heterocycles. The molecular formula is C14H16F3N5O. The van der Waals surface area contributed by atoms with Crippen LogP contribution in [0.25, 0.3) is 5.65 Å². The Hall–Kier alpha value is -2.16. The minimum Gasteiger partial charge on any atom is -0.295 e. The van der Waals surface area contributed by atoms with Crippen LogP contribution in [0.3, 0.4) is 0 Å². The highest BCUT2D eigenvalue weighted by molar-refractivity contribution is 5.91. The van der Waals surface area contributed by atoms with Crippen LogP contribution in [0.4, 0.5) is 19.1 Å². The summed E-state index contributed by atoms with van der Waals surface area (Å²) < 4.78 is 38.7. The monoisotopic (exact) mass is 327 g/mol. The van der Waals surface area contributed by atoms with Crippen LogP contribution >= 0.6 is 0 Å². The molecule has 1 aliphatic heterocycles. The van der Waals surface area contributed by atoms with Gasteiger partial charge in [-0.1, -0.05) is 6.07 Å². The second kappa shape index (κ2) is 6.15. The number of hydrogen-bond donors (Lipinski definition) is 1. The molecule has 1 fully saturated rings. The van der Waals surface area contributed by atoms with Crippen molar-refractivity contribution in [2.45, 2.75) is 19.0 Å². The van der Waals surface area contributed by atoms with Gasteiger partial charge in [0.2, 0.25) is 11.9 Å². The zero-order valence-electron chi connectivity index (χ0n) is 12.3. The molecule has 0 atom stereocenters. The van der Waals surface area contributed by atoms with Gasteiger partial charge in [-0.25, -0.2) is 0 Å². The number of likely N-dealkylation sites (tertiary alicyclic amines) is 1. The van der Waals surface area contributed by atoms with Crippen LogP contribution < -0.4 is 5.32 Å². The van der Waals surface area contributed by atoms with Crippen molar-refractivity contribution in [3.63, 3.8) is 0 Å². The van der Waals surface area contributed by atoms with Crippen LogP contribution in [-0.2, 0) is 4.79 Å². The summed E-state index contributed by atoms with van der Waals surface area (Å²) in [5.41, 5.74) is 0.614. The lowest BCUT2D eigenvalue weighted by Gasteiger charge is -2.31. The highest BCUT2D eigenvalue weighted by Crippen LogP contribution is 2.23. The van der Waals surface area contributed by atoms with Crippen LogP contribution in [0.1, 0.15) is 12.8 Å². The maximum absolute atomic E-state index is 12.4. The highest BCUT2D eigenvalue weighted by Gasteiger charge is 2.34. The molecule has 6 nitrogen and oxygen atoms in total. The Morgan fingerprint density at radius 1 is 1.26 bits per heavy atom. The summed E-state index contributed by atoms with van der Waals surface area (Å²) in [6, 6.07) is 5.37. The number of amides is 1. The summed E-state index contributed by atoms with van der Waals surface area (Å²) in [5.74, 6) is -0.214. The first kappa shape index (κ1) is 15.7. The van der Waals surface area contributed by atoms with Gasteiger partial charge in [0, 0.05) is 12.1 Å². The van der Waals surface area contributed by atoms with Crippen LogP contribution in [0.2, 0.25) is 0 Å². The number of rotatable bonds is 3. The number of pyridine rings is 1. The number of anilines is 1. The molecule has 0 aliphatic carbocycles. The summed E-state index contributed by atoms with van der Waals surface area (Å²) in [6.07, 6.45) is -1.66. The Balaban J connectivity index is 1.58. The predicted molar refractivity (Wildman–Crippen MR) is 76.8 cm³/mol. The first-order chi connectivity index (χ1) is 10.9. The highest BCUT2D eigenvalue weighted by atomic mass is 19.4. The number of carbonyl (C=O) groups excluding carboxylic acids is 1. The Kier molecular flexibility index (Phi) is 4.20. The molecule has 2 aromatic rings. The molecule has 0 bridgehead atoms. The molecule has 9 heteroatoms. The standard InChI is InChI=1S/C14H16F3N5O/c15-14(16,17)9-21-7-4-10(5-8-21)12(23)18-13-20-19-11-3-1-2-6-22(11)13/h1-3,6,10H,4-5,7-9H2,(H,18,20,23). The maximum atomic E-state index is 12.4. The van der Waals surface area contributed by atoms with Gasteiger partial charge in [0.05, 0.1) is 6.54 Å². The Morgan fingerprint density at radius 3 is 2.70 bits per heavy atom. The SMILES string of the molecule is O=C(Nc1nnc2ccccn12)C1CCN(CC(F)(F)F)CC1. The first-order valence-electron chi connectivity index (χ1n) is 7.32. The van der Waals surface area contributed by atoms with E-state index in [4.69, 9.17) is 0 Å². The maximum Gasteiger partial charge on any atom is 0.401 e. The predicted octanol–water partition coefficient (Wildman–Crippen LogP) is 1.94. The van der Waals surface area contributed by atoms with Gasteiger partial charge in [0.25, 0.3) is 0 Å². The van der Waals surface area contributed by atoms with Gasteiger partial charge >= 0.3 is 6.18 Å². The number of aromatic nitrogens is 3. The smallest absolute Gasteiger partial charge is 0.295 e. The molecule has 1 amide bonds. The van der Waals surface area contributed by atoms with Gasteiger partial charge < -0.3 is 0 Å². The Bertz CT molecular complexity index is 691. The molecule has 0 spiro atoms. The molecule has 0 saturated carbocycles. The summed E-state index contributed by atoms with van der Waals surface area (Å²) in [6.45, 7) is -0.396. The van der Waals surface area contributed by atoms with Crippen molar-refractivity contribution >= 4 is 17.5 Å². The van der Waals surface area contributed by atoms with Crippen molar-refractivity contribution in [2.75, 3.05) is 25.0 Å². The number of alkyl halides is 3. The van der Waals surface area contributed by atoms with Gasteiger partial charge in [-0.15, -0.1) is 10.2 Å². The fourth-order valence-corrected chi connectivity index (χ4v) is 2.75. The second-order valence-electron chi connectivity index (χ2n) is 5.61. The van der Waals surface area contributed by atoms with E-state index in [2.05, 4.69) is 15.5 Å². The molecule has 3 rings (SSSR count). The largest absolute Gasteiger partial charge is 0.401 e. The molecule has 0 aromatic carbocycles. The summed E-state index contributed by atoms with van der Waals surface area (Å²) in [5, 5.41) is 10.6. The number of fused-ring (bicyclic) bond motifs is 1. The number of hydrogen-bond acceptors (Lipinski definition) is 4. The third-order valence-electron chi connectivity index (χ3n) is 3.91. The Labute approximate surface area is 130 Å². The molecule has 2 aromatic heterocycles. The van der Waals surface area contributed by atoms with Crippen molar-refractivity contribution in [3.05, 3.63) is 24.4 Å². The quantitative estimate of drug-likeness (QED) is 0.936. The van der Waals surface area contributed by atoms with Crippen LogP contribution in [-0.4, -0.2) is 51.2 Å². The minimum absolute atomic E-state index is 0.227. The molecule has 1 N–H and O–H groups in total. The van der Waals surface area contributed by atoms with E-state index < -0.39 is 12.7 Å². The average Bonchev–Trinajstić information content (AvgIpc) is 2.90. The van der Waals surface area contributed by atoms with E-state index >= 15 is 0 Å². The summed E-state index contributed by atoms with van der Waals surface area (Å²) in [4.78, 5) is 13.6. The number of nitrogens with one attached hydrogen (secondary N) is 1. The zero-order chi connectivity index (χ0) is 16.4. The number of piperidine rings is 1. The van der Waals surface area contributed by atoms with Gasteiger partial charge in [-0.3, -0.25) is 19.4 Å². The van der Waals surface area contributed by atoms with Crippen LogP contribution in [0.15, 0.2) is 24.4 Å². The second-order valence-corrected chi connectivity index (χ2v) is 5.61. The van der Waals surface area contributed by atoms with Gasteiger partial charge in [0.15, 0.2) is 5.65 Å². The minimum atomic E-state index is -4.20. The Morgan fingerprint density at radius 2 is 2.00 bits per heavy atom. The average molecular weight is 327 g/mol. The lowest BCUT2D eigenvalue weighted by Crippen LogP contribution is -2.42. The molecular weight excluding hydrogens is 311 g/mol. The number of nitrogens with zero attached hydrogens (tertiary/aromatic N) is 4. The van der Waals surface area contributed by atoms with Gasteiger partial charge in [-0.05, 0) is 38.1 Å². The fourth-order valence-electron chi connectivity index (χ4n) is 2.75. The van der Waals surface area contributed by atoms with E-state index in [1.165, 1.54) is 4.90 Å². The van der Waals surface area contributed by atoms with Gasteiger partial charge in [0.1, 0.15) is 0 Å². The van der Waals surface area contributed by atoms with E-state index in [1.54, 1.807) is 22.7 Å². The van der Waals surface area contributed by atoms with Gasteiger partial charge in [-0.2, -0.15) is 13.2 Å². The lowest BCUT2D eigenvalue weighted by atomic mass is 9.96. The van der Waals surface area contributed by atoms with Crippen molar-refractivity contribution < 1.29 is 18.0 Å². The van der Waals surface area contributed by atoms with Crippen molar-refractivity contribution in [1.29, 1.82) is 0 Å². The van der Waals surface area contributed by atoms with Crippen LogP contribution in [0, 0.1) is 5.92 Å². The zero-order valence-corrected chi connectivity index (χ0v) is 12.3. The van der Waals surface area contributed by atoms with E-state index in [0.717, 1.165) is 0 Å². The van der Waals surface area contributed by atoms with E-state index in [9.17, 15) is 18.0 Å². The molecule has 124 valence electrons. The van der Waals surface area contributed by atoms with Crippen molar-refractivity contribution in [2.24, 2.45) is 5.92 Å². The third-order valence-corrected chi connectivity index (χ3v) is 3.91. The first-order valence-corrected chi connectivity index (χ1v) is 7.32. The number of carbonyl (C=O) groups is 1. The van der Waals surface area contributed by atoms with E-state index in [-0.39, 0.29) is 24.9 Å². The molecule has 0 unspecified atom stereocenters. The van der Waals surface area contributed by atoms with Crippen LogP contribution in [0.5, 0.6) is 0 Å². The fraction of sp³-hybridized carbons (Fsp3) is 0.500. The summed E-state index contributed by atoms with van der Waals surface area (Å²) >= 11 is 0.